The predicted molar refractivity (Wildman–Crippen MR) is 122 cm³/mol. The maximum Gasteiger partial charge on any atom is 0.317 e. The number of carbonyl (C=O) groups is 1. The van der Waals surface area contributed by atoms with Crippen LogP contribution in [0.2, 0.25) is 5.02 Å². The Bertz CT molecular complexity index is 1180. The molecule has 0 spiro atoms. The summed E-state index contributed by atoms with van der Waals surface area (Å²) in [7, 11) is 0. The summed E-state index contributed by atoms with van der Waals surface area (Å²) in [6.45, 7) is 4.10. The van der Waals surface area contributed by atoms with Gasteiger partial charge in [0.05, 0.1) is 0 Å². The fraction of sp³-hybridized carbons (Fsp3) is 0.192. The van der Waals surface area contributed by atoms with E-state index in [0.717, 1.165) is 16.7 Å². The first-order valence-electron chi connectivity index (χ1n) is 10.2. The molecule has 4 nitrogen and oxygen atoms in total. The summed E-state index contributed by atoms with van der Waals surface area (Å²) < 4.78 is 17.4. The highest BCUT2D eigenvalue weighted by Crippen LogP contribution is 2.32. The molecule has 0 amide bonds. The average molecular weight is 435 g/mol. The number of carbonyl (C=O) groups excluding carboxylic acids is 1. The van der Waals surface area contributed by atoms with Crippen molar-refractivity contribution in [2.24, 2.45) is 5.92 Å². The van der Waals surface area contributed by atoms with E-state index in [9.17, 15) is 4.79 Å². The first-order valence-corrected chi connectivity index (χ1v) is 10.5. The van der Waals surface area contributed by atoms with Crippen molar-refractivity contribution in [1.29, 1.82) is 0 Å². The van der Waals surface area contributed by atoms with Gasteiger partial charge < -0.3 is 13.9 Å². The molecule has 0 saturated heterocycles. The third kappa shape index (κ3) is 5.09. The van der Waals surface area contributed by atoms with Gasteiger partial charge in [0, 0.05) is 10.4 Å². The third-order valence-electron chi connectivity index (χ3n) is 4.98. The fourth-order valence-corrected chi connectivity index (χ4v) is 3.65. The molecule has 31 heavy (non-hydrogen) atoms. The molecule has 0 aliphatic heterocycles. The Morgan fingerprint density at radius 3 is 2.48 bits per heavy atom. The summed E-state index contributed by atoms with van der Waals surface area (Å²) in [6.07, 6.45) is 0. The lowest BCUT2D eigenvalue weighted by atomic mass is 9.93. The number of halogens is 1. The summed E-state index contributed by atoms with van der Waals surface area (Å²) in [5.41, 5.74) is 1.55. The lowest BCUT2D eigenvalue weighted by Gasteiger charge is -2.17. The molecule has 4 aromatic rings. The molecule has 1 aromatic heterocycles. The van der Waals surface area contributed by atoms with Gasteiger partial charge in [-0.1, -0.05) is 55.8 Å². The molecule has 1 unspecified atom stereocenters. The largest absolute Gasteiger partial charge is 0.460 e. The molecule has 3 aromatic carbocycles. The Hall–Kier alpha value is -3.24. The maximum absolute atomic E-state index is 12.9. The summed E-state index contributed by atoms with van der Waals surface area (Å²) in [5, 5.41) is 1.49. The predicted octanol–water partition coefficient (Wildman–Crippen LogP) is 7.36. The zero-order chi connectivity index (χ0) is 21.8. The van der Waals surface area contributed by atoms with Gasteiger partial charge >= 0.3 is 5.97 Å². The molecular weight excluding hydrogens is 412 g/mol. The van der Waals surface area contributed by atoms with Crippen LogP contribution in [-0.4, -0.2) is 5.97 Å². The molecule has 5 heteroatoms. The standard InChI is InChI=1S/C26H23ClO4/c1-17(2)25(24-15-19-14-20(27)11-12-23(19)31-24)26(28)29-16-18-7-6-10-22(13-18)30-21-8-4-3-5-9-21/h3-15,17,25H,16H2,1-2H3. The van der Waals surface area contributed by atoms with Crippen LogP contribution in [0.4, 0.5) is 0 Å². The lowest BCUT2D eigenvalue weighted by Crippen LogP contribution is -2.20. The highest BCUT2D eigenvalue weighted by Gasteiger charge is 2.29. The highest BCUT2D eigenvalue weighted by atomic mass is 35.5. The van der Waals surface area contributed by atoms with Crippen LogP contribution in [0.25, 0.3) is 11.0 Å². The van der Waals surface area contributed by atoms with Gasteiger partial charge in [0.25, 0.3) is 0 Å². The first-order chi connectivity index (χ1) is 15.0. The number of benzene rings is 3. The zero-order valence-corrected chi connectivity index (χ0v) is 18.1. The molecule has 1 heterocycles. The number of ether oxygens (including phenoxy) is 2. The summed E-state index contributed by atoms with van der Waals surface area (Å²) in [4.78, 5) is 12.9. The zero-order valence-electron chi connectivity index (χ0n) is 17.4. The van der Waals surface area contributed by atoms with Crippen molar-refractivity contribution < 1.29 is 18.7 Å². The minimum absolute atomic E-state index is 0.0104. The number of hydrogen-bond donors (Lipinski definition) is 0. The van der Waals surface area contributed by atoms with Crippen molar-refractivity contribution in [2.75, 3.05) is 0 Å². The quantitative estimate of drug-likeness (QED) is 0.285. The Morgan fingerprint density at radius 1 is 0.935 bits per heavy atom. The van der Waals surface area contributed by atoms with E-state index >= 15 is 0 Å². The van der Waals surface area contributed by atoms with Gasteiger partial charge in [0.2, 0.25) is 0 Å². The smallest absolute Gasteiger partial charge is 0.317 e. The van der Waals surface area contributed by atoms with E-state index in [4.69, 9.17) is 25.5 Å². The van der Waals surface area contributed by atoms with Crippen LogP contribution in [0.1, 0.15) is 31.1 Å². The van der Waals surface area contributed by atoms with Crippen LogP contribution in [0.3, 0.4) is 0 Å². The monoisotopic (exact) mass is 434 g/mol. The molecule has 0 saturated carbocycles. The minimum atomic E-state index is -0.505. The van der Waals surface area contributed by atoms with Gasteiger partial charge in [-0.2, -0.15) is 0 Å². The van der Waals surface area contributed by atoms with Crippen LogP contribution in [0.5, 0.6) is 11.5 Å². The number of rotatable bonds is 7. The van der Waals surface area contributed by atoms with E-state index in [2.05, 4.69) is 0 Å². The molecule has 0 N–H and O–H groups in total. The van der Waals surface area contributed by atoms with Crippen LogP contribution in [0.15, 0.2) is 83.3 Å². The normalized spacial score (nSPS) is 12.1. The Balaban J connectivity index is 1.46. The molecule has 158 valence electrons. The molecule has 4 rings (SSSR count). The van der Waals surface area contributed by atoms with Crippen molar-refractivity contribution in [2.45, 2.75) is 26.4 Å². The van der Waals surface area contributed by atoms with Gasteiger partial charge in [-0.25, -0.2) is 0 Å². The highest BCUT2D eigenvalue weighted by molar-refractivity contribution is 6.31. The van der Waals surface area contributed by atoms with E-state index in [0.29, 0.717) is 22.1 Å². The Labute approximate surface area is 186 Å². The molecule has 0 radical (unpaired) electrons. The van der Waals surface area contributed by atoms with Gasteiger partial charge in [-0.05, 0) is 60.0 Å². The third-order valence-corrected chi connectivity index (χ3v) is 5.22. The van der Waals surface area contributed by atoms with Crippen LogP contribution in [-0.2, 0) is 16.1 Å². The van der Waals surface area contributed by atoms with E-state index in [1.165, 1.54) is 0 Å². The number of hydrogen-bond acceptors (Lipinski definition) is 4. The second-order valence-corrected chi connectivity index (χ2v) is 8.16. The molecule has 0 aliphatic rings. The van der Waals surface area contributed by atoms with Crippen molar-refractivity contribution >= 4 is 28.5 Å². The van der Waals surface area contributed by atoms with Crippen molar-refractivity contribution in [3.8, 4) is 11.5 Å². The lowest BCUT2D eigenvalue weighted by molar-refractivity contribution is -0.148. The molecule has 0 bridgehead atoms. The minimum Gasteiger partial charge on any atom is -0.460 e. The van der Waals surface area contributed by atoms with E-state index in [1.54, 1.807) is 6.07 Å². The average Bonchev–Trinajstić information content (AvgIpc) is 3.15. The molecule has 0 aliphatic carbocycles. The molecule has 1 atom stereocenters. The van der Waals surface area contributed by atoms with Crippen LogP contribution < -0.4 is 4.74 Å². The van der Waals surface area contributed by atoms with Crippen LogP contribution in [0, 0.1) is 5.92 Å². The van der Waals surface area contributed by atoms with Gasteiger partial charge in [-0.3, -0.25) is 4.79 Å². The van der Waals surface area contributed by atoms with Gasteiger partial charge in [-0.15, -0.1) is 0 Å². The number of furan rings is 1. The number of fused-ring (bicyclic) bond motifs is 1. The maximum atomic E-state index is 12.9. The van der Waals surface area contributed by atoms with Crippen LogP contribution >= 0.6 is 11.6 Å². The van der Waals surface area contributed by atoms with Gasteiger partial charge in [0.1, 0.15) is 35.4 Å². The van der Waals surface area contributed by atoms with Crippen molar-refractivity contribution in [3.05, 3.63) is 95.2 Å². The van der Waals surface area contributed by atoms with E-state index in [1.807, 2.05) is 86.6 Å². The topological polar surface area (TPSA) is 48.7 Å². The summed E-state index contributed by atoms with van der Waals surface area (Å²) >= 11 is 6.07. The molecular formula is C26H23ClO4. The fourth-order valence-electron chi connectivity index (χ4n) is 3.47. The number of esters is 1. The first kappa shape index (κ1) is 21.0. The van der Waals surface area contributed by atoms with Gasteiger partial charge in [0.15, 0.2) is 0 Å². The van der Waals surface area contributed by atoms with Crippen molar-refractivity contribution in [3.63, 3.8) is 0 Å². The summed E-state index contributed by atoms with van der Waals surface area (Å²) in [5.74, 6) is 1.20. The second kappa shape index (κ2) is 9.27. The SMILES string of the molecule is CC(C)C(C(=O)OCc1cccc(Oc2ccccc2)c1)c1cc2cc(Cl)ccc2o1. The number of para-hydroxylation sites is 1. The van der Waals surface area contributed by atoms with E-state index < -0.39 is 5.92 Å². The Kier molecular flexibility index (Phi) is 6.28. The summed E-state index contributed by atoms with van der Waals surface area (Å²) in [6, 6.07) is 24.3. The molecule has 0 fully saturated rings. The second-order valence-electron chi connectivity index (χ2n) is 7.72. The Morgan fingerprint density at radius 2 is 1.71 bits per heavy atom. The van der Waals surface area contributed by atoms with Crippen molar-refractivity contribution in [1.82, 2.24) is 0 Å². The van der Waals surface area contributed by atoms with E-state index in [-0.39, 0.29) is 18.5 Å².